The normalized spacial score (nSPS) is 15.7. The number of carbonyl (C=O) groups is 1. The zero-order chi connectivity index (χ0) is 10.8. The number of aromatic hydroxyl groups is 1. The van der Waals surface area contributed by atoms with E-state index in [2.05, 4.69) is 0 Å². The van der Waals surface area contributed by atoms with Crippen LogP contribution in [0.4, 0.5) is 5.69 Å². The minimum atomic E-state index is -0.496. The predicted octanol–water partition coefficient (Wildman–Crippen LogP) is 1.68. The average molecular weight is 207 g/mol. The highest BCUT2D eigenvalue weighted by Crippen LogP contribution is 2.28. The van der Waals surface area contributed by atoms with Crippen LogP contribution in [-0.2, 0) is 4.74 Å². The monoisotopic (exact) mass is 207 g/mol. The van der Waals surface area contributed by atoms with E-state index < -0.39 is 5.97 Å². The number of phenols is 1. The maximum atomic E-state index is 11.6. The molecule has 3 N–H and O–H groups in total. The molecule has 15 heavy (non-hydrogen) atoms. The van der Waals surface area contributed by atoms with E-state index in [1.165, 1.54) is 12.1 Å². The highest BCUT2D eigenvalue weighted by Gasteiger charge is 2.24. The molecular formula is C11H13NO3. The van der Waals surface area contributed by atoms with Crippen molar-refractivity contribution in [2.24, 2.45) is 0 Å². The van der Waals surface area contributed by atoms with Gasteiger partial charge < -0.3 is 15.6 Å². The molecule has 1 aliphatic rings. The number of esters is 1. The van der Waals surface area contributed by atoms with Crippen LogP contribution in [-0.4, -0.2) is 17.2 Å². The van der Waals surface area contributed by atoms with Crippen LogP contribution in [0.15, 0.2) is 18.2 Å². The maximum Gasteiger partial charge on any atom is 0.342 e. The minimum Gasteiger partial charge on any atom is -0.505 e. The van der Waals surface area contributed by atoms with Gasteiger partial charge in [-0.3, -0.25) is 0 Å². The number of anilines is 1. The lowest BCUT2D eigenvalue weighted by atomic mass is 9.96. The van der Waals surface area contributed by atoms with Crippen molar-refractivity contribution in [3.8, 4) is 5.75 Å². The number of nitrogen functional groups attached to an aromatic ring is 1. The van der Waals surface area contributed by atoms with Gasteiger partial charge in [0, 0.05) is 0 Å². The maximum absolute atomic E-state index is 11.6. The van der Waals surface area contributed by atoms with Crippen LogP contribution >= 0.6 is 0 Å². The van der Waals surface area contributed by atoms with Gasteiger partial charge in [0.2, 0.25) is 0 Å². The summed E-state index contributed by atoms with van der Waals surface area (Å²) >= 11 is 0. The number of para-hydroxylation sites is 1. The average Bonchev–Trinajstić information content (AvgIpc) is 2.15. The lowest BCUT2D eigenvalue weighted by molar-refractivity contribution is 0.00875. The Kier molecular flexibility index (Phi) is 2.49. The first-order chi connectivity index (χ1) is 7.18. The molecule has 0 atom stereocenters. The van der Waals surface area contributed by atoms with Crippen molar-refractivity contribution in [3.63, 3.8) is 0 Å². The Hall–Kier alpha value is -1.71. The van der Waals surface area contributed by atoms with Crippen molar-refractivity contribution in [3.05, 3.63) is 23.8 Å². The lowest BCUT2D eigenvalue weighted by Crippen LogP contribution is -2.25. The summed E-state index contributed by atoms with van der Waals surface area (Å²) in [4.78, 5) is 11.6. The Morgan fingerprint density at radius 2 is 2.20 bits per heavy atom. The Morgan fingerprint density at radius 3 is 2.80 bits per heavy atom. The van der Waals surface area contributed by atoms with Crippen molar-refractivity contribution in [2.75, 3.05) is 5.73 Å². The van der Waals surface area contributed by atoms with Crippen LogP contribution < -0.4 is 5.73 Å². The number of nitrogens with two attached hydrogens (primary N) is 1. The third-order valence-electron chi connectivity index (χ3n) is 2.61. The van der Waals surface area contributed by atoms with Crippen molar-refractivity contribution in [1.29, 1.82) is 0 Å². The molecule has 0 bridgehead atoms. The summed E-state index contributed by atoms with van der Waals surface area (Å²) in [5.41, 5.74) is 5.81. The van der Waals surface area contributed by atoms with Crippen molar-refractivity contribution in [1.82, 2.24) is 0 Å². The number of benzene rings is 1. The molecule has 1 fully saturated rings. The molecule has 1 aromatic rings. The minimum absolute atomic E-state index is 0.0123. The highest BCUT2D eigenvalue weighted by molar-refractivity contribution is 5.94. The third kappa shape index (κ3) is 1.88. The summed E-state index contributed by atoms with van der Waals surface area (Å²) in [7, 11) is 0. The molecule has 1 aliphatic carbocycles. The first-order valence-electron chi connectivity index (χ1n) is 4.97. The fraction of sp³-hybridized carbons (Fsp3) is 0.364. The second kappa shape index (κ2) is 3.81. The van der Waals surface area contributed by atoms with E-state index in [1.54, 1.807) is 6.07 Å². The molecule has 0 amide bonds. The van der Waals surface area contributed by atoms with Gasteiger partial charge in [-0.05, 0) is 31.4 Å². The molecule has 0 unspecified atom stereocenters. The molecule has 4 nitrogen and oxygen atoms in total. The van der Waals surface area contributed by atoms with Gasteiger partial charge in [0.1, 0.15) is 11.7 Å². The molecule has 80 valence electrons. The molecule has 1 saturated carbocycles. The second-order valence-electron chi connectivity index (χ2n) is 3.70. The summed E-state index contributed by atoms with van der Waals surface area (Å²) in [5.74, 6) is -0.689. The smallest absolute Gasteiger partial charge is 0.342 e. The molecule has 0 aliphatic heterocycles. The van der Waals surface area contributed by atoms with E-state index in [0.29, 0.717) is 0 Å². The van der Waals surface area contributed by atoms with Crippen molar-refractivity contribution >= 4 is 11.7 Å². The Bertz CT molecular complexity index is 385. The van der Waals surface area contributed by atoms with Crippen LogP contribution in [0.25, 0.3) is 0 Å². The first-order valence-corrected chi connectivity index (χ1v) is 4.97. The van der Waals surface area contributed by atoms with Crippen LogP contribution in [0, 0.1) is 0 Å². The van der Waals surface area contributed by atoms with Gasteiger partial charge in [-0.15, -0.1) is 0 Å². The molecular weight excluding hydrogens is 194 g/mol. The van der Waals surface area contributed by atoms with Gasteiger partial charge in [-0.25, -0.2) is 4.79 Å². The largest absolute Gasteiger partial charge is 0.505 e. The van der Waals surface area contributed by atoms with E-state index in [9.17, 15) is 9.90 Å². The number of carbonyl (C=O) groups excluding carboxylic acids is 1. The molecule has 4 heteroatoms. The fourth-order valence-electron chi connectivity index (χ4n) is 1.43. The van der Waals surface area contributed by atoms with Gasteiger partial charge in [0.15, 0.2) is 5.75 Å². The Labute approximate surface area is 87.7 Å². The number of hydrogen-bond acceptors (Lipinski definition) is 4. The second-order valence-corrected chi connectivity index (χ2v) is 3.70. The van der Waals surface area contributed by atoms with E-state index in [-0.39, 0.29) is 23.1 Å². The van der Waals surface area contributed by atoms with Crippen LogP contribution in [0.1, 0.15) is 29.6 Å². The molecule has 0 spiro atoms. The topological polar surface area (TPSA) is 72.6 Å². The SMILES string of the molecule is Nc1cccc(C(=O)OC2CCC2)c1O. The van der Waals surface area contributed by atoms with Crippen LogP contribution in [0.3, 0.4) is 0 Å². The Morgan fingerprint density at radius 1 is 1.47 bits per heavy atom. The number of phenolic OH excluding ortho intramolecular Hbond substituents is 1. The fourth-order valence-corrected chi connectivity index (χ4v) is 1.43. The summed E-state index contributed by atoms with van der Waals surface area (Å²) < 4.78 is 5.15. The van der Waals surface area contributed by atoms with Gasteiger partial charge in [0.05, 0.1) is 5.69 Å². The van der Waals surface area contributed by atoms with Gasteiger partial charge in [-0.2, -0.15) is 0 Å². The van der Waals surface area contributed by atoms with Crippen LogP contribution in [0.5, 0.6) is 5.75 Å². The standard InChI is InChI=1S/C11H13NO3/c12-9-6-2-5-8(10(9)13)11(14)15-7-3-1-4-7/h2,5-7,13H,1,3-4,12H2. The van der Waals surface area contributed by atoms with Gasteiger partial charge in [-0.1, -0.05) is 6.07 Å². The lowest BCUT2D eigenvalue weighted by Gasteiger charge is -2.25. The summed E-state index contributed by atoms with van der Waals surface area (Å²) in [6.07, 6.45) is 2.93. The summed E-state index contributed by atoms with van der Waals surface area (Å²) in [5, 5.41) is 9.55. The van der Waals surface area contributed by atoms with Crippen LogP contribution in [0.2, 0.25) is 0 Å². The van der Waals surface area contributed by atoms with E-state index in [1.807, 2.05) is 0 Å². The molecule has 2 rings (SSSR count). The molecule has 1 aromatic carbocycles. The predicted molar refractivity (Wildman–Crippen MR) is 55.6 cm³/mol. The van der Waals surface area contributed by atoms with Gasteiger partial charge >= 0.3 is 5.97 Å². The zero-order valence-corrected chi connectivity index (χ0v) is 8.27. The van der Waals surface area contributed by atoms with Gasteiger partial charge in [0.25, 0.3) is 0 Å². The molecule has 0 aromatic heterocycles. The molecule has 0 heterocycles. The third-order valence-corrected chi connectivity index (χ3v) is 2.61. The summed E-state index contributed by atoms with van der Waals surface area (Å²) in [6, 6.07) is 4.66. The molecule has 0 saturated heterocycles. The number of ether oxygens (including phenoxy) is 1. The van der Waals surface area contributed by atoms with E-state index in [4.69, 9.17) is 10.5 Å². The first kappa shape index (κ1) is 9.83. The number of rotatable bonds is 2. The Balaban J connectivity index is 2.13. The quantitative estimate of drug-likeness (QED) is 0.439. The van der Waals surface area contributed by atoms with E-state index >= 15 is 0 Å². The number of hydrogen-bond donors (Lipinski definition) is 2. The molecule has 0 radical (unpaired) electrons. The zero-order valence-electron chi connectivity index (χ0n) is 8.27. The highest BCUT2D eigenvalue weighted by atomic mass is 16.5. The summed E-state index contributed by atoms with van der Waals surface area (Å²) in [6.45, 7) is 0. The van der Waals surface area contributed by atoms with E-state index in [0.717, 1.165) is 19.3 Å². The van der Waals surface area contributed by atoms with Crippen molar-refractivity contribution in [2.45, 2.75) is 25.4 Å². The van der Waals surface area contributed by atoms with Crippen molar-refractivity contribution < 1.29 is 14.6 Å².